The topological polar surface area (TPSA) is 48.5 Å². The maximum absolute atomic E-state index is 12.9. The minimum atomic E-state index is -0.00874. The molecule has 3 aromatic rings. The van der Waals surface area contributed by atoms with Gasteiger partial charge in [0.15, 0.2) is 0 Å². The molecule has 1 aromatic heterocycles. The fourth-order valence-electron chi connectivity index (χ4n) is 3.86. The predicted octanol–water partition coefficient (Wildman–Crippen LogP) is 3.42. The van der Waals surface area contributed by atoms with Gasteiger partial charge in [0.25, 0.3) is 0 Å². The van der Waals surface area contributed by atoms with Crippen LogP contribution < -0.4 is 10.2 Å². The number of anilines is 1. The molecule has 0 bridgehead atoms. The van der Waals surface area contributed by atoms with Gasteiger partial charge < -0.3 is 9.80 Å². The summed E-state index contributed by atoms with van der Waals surface area (Å²) in [7, 11) is 0. The summed E-state index contributed by atoms with van der Waals surface area (Å²) in [4.78, 5) is 21.5. The molecule has 1 fully saturated rings. The average Bonchev–Trinajstić information content (AvgIpc) is 2.81. The van der Waals surface area contributed by atoms with Crippen molar-refractivity contribution in [3.8, 4) is 0 Å². The smallest absolute Gasteiger partial charge is 0.236 e. The molecule has 1 atom stereocenters. The molecular formula is C25H28N4O. The number of carbonyl (C=O) groups excluding carboxylic acids is 1. The van der Waals surface area contributed by atoms with Gasteiger partial charge >= 0.3 is 0 Å². The van der Waals surface area contributed by atoms with Gasteiger partial charge in [-0.15, -0.1) is 0 Å². The van der Waals surface area contributed by atoms with E-state index in [9.17, 15) is 4.79 Å². The molecule has 5 heteroatoms. The van der Waals surface area contributed by atoms with E-state index in [0.717, 1.165) is 37.6 Å². The number of aromatic nitrogens is 1. The molecule has 0 radical (unpaired) electrons. The number of carbonyl (C=O) groups is 1. The first-order valence-electron chi connectivity index (χ1n) is 10.5. The van der Waals surface area contributed by atoms with Crippen LogP contribution in [0.1, 0.15) is 22.7 Å². The van der Waals surface area contributed by atoms with Crippen LogP contribution in [0.2, 0.25) is 0 Å². The van der Waals surface area contributed by atoms with Crippen LogP contribution in [0.3, 0.4) is 0 Å². The Labute approximate surface area is 178 Å². The van der Waals surface area contributed by atoms with Gasteiger partial charge in [-0.2, -0.15) is 0 Å². The van der Waals surface area contributed by atoms with E-state index in [1.165, 1.54) is 11.1 Å². The monoisotopic (exact) mass is 400 g/mol. The van der Waals surface area contributed by atoms with Gasteiger partial charge in [0.2, 0.25) is 5.91 Å². The molecule has 30 heavy (non-hydrogen) atoms. The number of piperazine rings is 1. The summed E-state index contributed by atoms with van der Waals surface area (Å²) in [6.45, 7) is 5.46. The fourth-order valence-corrected chi connectivity index (χ4v) is 3.86. The summed E-state index contributed by atoms with van der Waals surface area (Å²) in [5, 5.41) is 3.49. The van der Waals surface area contributed by atoms with Crippen molar-refractivity contribution < 1.29 is 4.79 Å². The zero-order valence-corrected chi connectivity index (χ0v) is 17.4. The third-order valence-corrected chi connectivity index (χ3v) is 5.61. The standard InChI is InChI=1S/C25H28N4O/c1-20-10-12-22(13-11-20)25(21-7-3-2-4-8-21)27-19-24(30)29-17-15-28(16-18-29)23-9-5-6-14-26-23/h2-14,25,27H,15-19H2,1H3/t25-/m1/s1. The Morgan fingerprint density at radius 1 is 0.900 bits per heavy atom. The van der Waals surface area contributed by atoms with Gasteiger partial charge in [-0.1, -0.05) is 66.2 Å². The first-order valence-corrected chi connectivity index (χ1v) is 10.5. The van der Waals surface area contributed by atoms with Crippen molar-refractivity contribution >= 4 is 11.7 Å². The largest absolute Gasteiger partial charge is 0.353 e. The molecule has 0 aliphatic carbocycles. The molecule has 0 spiro atoms. The summed E-state index contributed by atoms with van der Waals surface area (Å²) in [5.41, 5.74) is 3.56. The van der Waals surface area contributed by atoms with Gasteiger partial charge in [0.05, 0.1) is 12.6 Å². The second kappa shape index (κ2) is 9.55. The van der Waals surface area contributed by atoms with Crippen LogP contribution in [-0.2, 0) is 4.79 Å². The van der Waals surface area contributed by atoms with E-state index < -0.39 is 0 Å². The lowest BCUT2D eigenvalue weighted by atomic mass is 9.98. The predicted molar refractivity (Wildman–Crippen MR) is 120 cm³/mol. The van der Waals surface area contributed by atoms with Gasteiger partial charge in [-0.25, -0.2) is 4.98 Å². The van der Waals surface area contributed by atoms with Crippen LogP contribution in [0, 0.1) is 6.92 Å². The van der Waals surface area contributed by atoms with Crippen molar-refractivity contribution in [1.82, 2.24) is 15.2 Å². The zero-order valence-electron chi connectivity index (χ0n) is 17.4. The third-order valence-electron chi connectivity index (χ3n) is 5.61. The molecule has 5 nitrogen and oxygen atoms in total. The van der Waals surface area contributed by atoms with Crippen LogP contribution in [0.15, 0.2) is 79.0 Å². The number of amides is 1. The Hall–Kier alpha value is -3.18. The highest BCUT2D eigenvalue weighted by Crippen LogP contribution is 2.22. The van der Waals surface area contributed by atoms with Crippen LogP contribution in [0.5, 0.6) is 0 Å². The van der Waals surface area contributed by atoms with Crippen molar-refractivity contribution in [2.45, 2.75) is 13.0 Å². The minimum Gasteiger partial charge on any atom is -0.353 e. The van der Waals surface area contributed by atoms with Crippen LogP contribution in [0.25, 0.3) is 0 Å². The molecule has 1 N–H and O–H groups in total. The molecular weight excluding hydrogens is 372 g/mol. The van der Waals surface area contributed by atoms with Crippen molar-refractivity contribution in [3.05, 3.63) is 95.7 Å². The number of nitrogens with zero attached hydrogens (tertiary/aromatic N) is 3. The number of aryl methyl sites for hydroxylation is 1. The Balaban J connectivity index is 1.38. The normalized spacial score (nSPS) is 15.1. The Morgan fingerprint density at radius 3 is 2.23 bits per heavy atom. The molecule has 154 valence electrons. The molecule has 1 saturated heterocycles. The van der Waals surface area contributed by atoms with E-state index >= 15 is 0 Å². The molecule has 2 aromatic carbocycles. The lowest BCUT2D eigenvalue weighted by Gasteiger charge is -2.35. The van der Waals surface area contributed by atoms with Crippen molar-refractivity contribution in [2.24, 2.45) is 0 Å². The number of nitrogens with one attached hydrogen (secondary N) is 1. The lowest BCUT2D eigenvalue weighted by Crippen LogP contribution is -2.51. The minimum absolute atomic E-state index is 0.00874. The Bertz CT molecular complexity index is 936. The van der Waals surface area contributed by atoms with E-state index in [4.69, 9.17) is 0 Å². The van der Waals surface area contributed by atoms with Gasteiger partial charge in [0, 0.05) is 32.4 Å². The molecule has 1 amide bonds. The second-order valence-electron chi connectivity index (χ2n) is 7.69. The maximum Gasteiger partial charge on any atom is 0.236 e. The summed E-state index contributed by atoms with van der Waals surface area (Å²) in [6, 6.07) is 24.7. The van der Waals surface area contributed by atoms with Crippen molar-refractivity contribution in [1.29, 1.82) is 0 Å². The average molecular weight is 401 g/mol. The van der Waals surface area contributed by atoms with E-state index in [2.05, 4.69) is 58.5 Å². The van der Waals surface area contributed by atoms with Gasteiger partial charge in [-0.3, -0.25) is 10.1 Å². The van der Waals surface area contributed by atoms with Gasteiger partial charge in [-0.05, 0) is 30.2 Å². The Morgan fingerprint density at radius 2 is 1.57 bits per heavy atom. The van der Waals surface area contributed by atoms with Gasteiger partial charge in [0.1, 0.15) is 5.82 Å². The van der Waals surface area contributed by atoms with Crippen molar-refractivity contribution in [2.75, 3.05) is 37.6 Å². The molecule has 0 saturated carbocycles. The number of hydrogen-bond donors (Lipinski definition) is 1. The SMILES string of the molecule is Cc1ccc([C@H](NCC(=O)N2CCN(c3ccccn3)CC2)c2ccccc2)cc1. The zero-order chi connectivity index (χ0) is 20.8. The highest BCUT2D eigenvalue weighted by atomic mass is 16.2. The molecule has 4 rings (SSSR count). The van der Waals surface area contributed by atoms with E-state index in [0.29, 0.717) is 6.54 Å². The van der Waals surface area contributed by atoms with Crippen LogP contribution >= 0.6 is 0 Å². The third kappa shape index (κ3) is 4.86. The number of hydrogen-bond acceptors (Lipinski definition) is 4. The number of benzene rings is 2. The maximum atomic E-state index is 12.9. The van der Waals surface area contributed by atoms with Crippen molar-refractivity contribution in [3.63, 3.8) is 0 Å². The summed E-state index contributed by atoms with van der Waals surface area (Å²) < 4.78 is 0. The molecule has 0 unspecified atom stereocenters. The highest BCUT2D eigenvalue weighted by molar-refractivity contribution is 5.78. The van der Waals surface area contributed by atoms with E-state index in [-0.39, 0.29) is 11.9 Å². The molecule has 1 aliphatic rings. The Kier molecular flexibility index (Phi) is 6.40. The summed E-state index contributed by atoms with van der Waals surface area (Å²) in [6.07, 6.45) is 1.81. The summed E-state index contributed by atoms with van der Waals surface area (Å²) >= 11 is 0. The lowest BCUT2D eigenvalue weighted by molar-refractivity contribution is -0.130. The summed E-state index contributed by atoms with van der Waals surface area (Å²) in [5.74, 6) is 1.12. The highest BCUT2D eigenvalue weighted by Gasteiger charge is 2.23. The first kappa shape index (κ1) is 20.1. The number of pyridine rings is 1. The van der Waals surface area contributed by atoms with Crippen LogP contribution in [-0.4, -0.2) is 48.5 Å². The quantitative estimate of drug-likeness (QED) is 0.689. The first-order chi connectivity index (χ1) is 14.7. The fraction of sp³-hybridized carbons (Fsp3) is 0.280. The number of rotatable bonds is 6. The second-order valence-corrected chi connectivity index (χ2v) is 7.69. The van der Waals surface area contributed by atoms with E-state index in [1.54, 1.807) is 0 Å². The van der Waals surface area contributed by atoms with Crippen LogP contribution in [0.4, 0.5) is 5.82 Å². The van der Waals surface area contributed by atoms with E-state index in [1.807, 2.05) is 47.5 Å². The molecule has 1 aliphatic heterocycles. The molecule has 2 heterocycles.